The molecule has 3 saturated heterocycles. The van der Waals surface area contributed by atoms with E-state index in [2.05, 4.69) is 59.7 Å². The molecule has 5 unspecified atom stereocenters. The van der Waals surface area contributed by atoms with Crippen LogP contribution in [0.1, 0.15) is 32.3 Å². The first-order valence-corrected chi connectivity index (χ1v) is 11.0. The first kappa shape index (κ1) is 20.4. The molecule has 4 aliphatic rings. The molecule has 6 nitrogen and oxygen atoms in total. The van der Waals surface area contributed by atoms with Crippen LogP contribution in [-0.4, -0.2) is 54.5 Å². The molecule has 1 aliphatic carbocycles. The number of carbonyl (C=O) groups excluding carboxylic acids is 2. The summed E-state index contributed by atoms with van der Waals surface area (Å²) in [6.45, 7) is 7.69. The molecule has 4 bridgehead atoms. The number of piperidine rings is 2. The Bertz CT molecular complexity index is 753. The van der Waals surface area contributed by atoms with Crippen LogP contribution in [0, 0.1) is 23.7 Å². The number of nitrogens with two attached hydrogens (primary N) is 1. The Kier molecular flexibility index (Phi) is 5.67. The van der Waals surface area contributed by atoms with Gasteiger partial charge in [0.25, 0.3) is 0 Å². The molecule has 4 fully saturated rings. The van der Waals surface area contributed by atoms with Crippen LogP contribution in [0.25, 0.3) is 0 Å². The van der Waals surface area contributed by atoms with Crippen LogP contribution in [0.4, 0.5) is 0 Å². The minimum Gasteiger partial charge on any atom is -0.370 e. The predicted octanol–water partition coefficient (Wildman–Crippen LogP) is 1.16. The molecular formula is C23H34N4O2. The summed E-state index contributed by atoms with van der Waals surface area (Å²) < 4.78 is 0. The van der Waals surface area contributed by atoms with E-state index < -0.39 is 5.54 Å². The number of nitrogens with zero attached hydrogens (tertiary/aromatic N) is 1. The fraction of sp³-hybridized carbons (Fsp3) is 0.652. The molecule has 1 saturated carbocycles. The average Bonchev–Trinajstić information content (AvgIpc) is 2.93. The van der Waals surface area contributed by atoms with Crippen molar-refractivity contribution in [3.63, 3.8) is 0 Å². The summed E-state index contributed by atoms with van der Waals surface area (Å²) in [6.07, 6.45) is 2.29. The Labute approximate surface area is 173 Å². The van der Waals surface area contributed by atoms with Gasteiger partial charge in [-0.1, -0.05) is 44.2 Å². The topological polar surface area (TPSA) is 87.5 Å². The molecule has 6 heteroatoms. The summed E-state index contributed by atoms with van der Waals surface area (Å²) in [5, 5.41) is 6.71. The zero-order chi connectivity index (χ0) is 20.6. The molecule has 158 valence electrons. The zero-order valence-electron chi connectivity index (χ0n) is 17.6. The van der Waals surface area contributed by atoms with Gasteiger partial charge in [-0.2, -0.15) is 0 Å². The molecule has 3 heterocycles. The van der Waals surface area contributed by atoms with Gasteiger partial charge >= 0.3 is 0 Å². The number of carbonyl (C=O) groups is 2. The van der Waals surface area contributed by atoms with E-state index in [9.17, 15) is 9.59 Å². The van der Waals surface area contributed by atoms with E-state index in [1.807, 2.05) is 0 Å². The highest BCUT2D eigenvalue weighted by Gasteiger charge is 2.67. The normalized spacial score (nSPS) is 33.2. The highest BCUT2D eigenvalue weighted by Crippen LogP contribution is 2.53. The molecule has 4 N–H and O–H groups in total. The van der Waals surface area contributed by atoms with E-state index >= 15 is 0 Å². The Morgan fingerprint density at radius 2 is 2.07 bits per heavy atom. The van der Waals surface area contributed by atoms with E-state index in [0.29, 0.717) is 30.2 Å². The molecule has 0 spiro atoms. The van der Waals surface area contributed by atoms with Gasteiger partial charge in [-0.25, -0.2) is 0 Å². The number of primary amides is 1. The highest BCUT2D eigenvalue weighted by molar-refractivity contribution is 5.89. The third-order valence-corrected chi connectivity index (χ3v) is 7.16. The van der Waals surface area contributed by atoms with Gasteiger partial charge in [-0.15, -0.1) is 0 Å². The summed E-state index contributed by atoms with van der Waals surface area (Å²) in [4.78, 5) is 27.2. The zero-order valence-corrected chi connectivity index (χ0v) is 17.6. The van der Waals surface area contributed by atoms with Gasteiger partial charge in [0.1, 0.15) is 5.54 Å². The lowest BCUT2D eigenvalue weighted by Gasteiger charge is -2.56. The Morgan fingerprint density at radius 1 is 1.31 bits per heavy atom. The summed E-state index contributed by atoms with van der Waals surface area (Å²) in [6, 6.07) is 10.9. The van der Waals surface area contributed by atoms with Crippen LogP contribution in [0.5, 0.6) is 0 Å². The van der Waals surface area contributed by atoms with Crippen molar-refractivity contribution in [2.24, 2.45) is 29.4 Å². The number of likely N-dealkylation sites (tertiary alicyclic amines) is 1. The van der Waals surface area contributed by atoms with Gasteiger partial charge in [-0.05, 0) is 42.7 Å². The third kappa shape index (κ3) is 3.68. The van der Waals surface area contributed by atoms with Crippen molar-refractivity contribution >= 4 is 11.8 Å². The van der Waals surface area contributed by atoms with Gasteiger partial charge in [0, 0.05) is 38.0 Å². The first-order valence-electron chi connectivity index (χ1n) is 11.0. The SMILES string of the molecule is CC(C)CN1CC2CC3CNC2(C(=O)NCCC(N)=O)C1C3Cc1ccccc1. The quantitative estimate of drug-likeness (QED) is 0.613. The molecule has 3 aliphatic heterocycles. The molecule has 1 aromatic carbocycles. The average molecular weight is 399 g/mol. The number of hydrogen-bond acceptors (Lipinski definition) is 4. The Balaban J connectivity index is 1.62. The van der Waals surface area contributed by atoms with Crippen molar-refractivity contribution in [1.82, 2.24) is 15.5 Å². The van der Waals surface area contributed by atoms with Crippen molar-refractivity contribution in [3.05, 3.63) is 35.9 Å². The van der Waals surface area contributed by atoms with Crippen molar-refractivity contribution < 1.29 is 9.59 Å². The number of nitrogens with one attached hydrogen (secondary N) is 2. The summed E-state index contributed by atoms with van der Waals surface area (Å²) in [7, 11) is 0. The fourth-order valence-electron chi connectivity index (χ4n) is 6.19. The van der Waals surface area contributed by atoms with E-state index in [1.54, 1.807) is 0 Å². The number of hydrogen-bond donors (Lipinski definition) is 3. The molecule has 1 aromatic rings. The first-order chi connectivity index (χ1) is 13.9. The minimum absolute atomic E-state index is 0.0521. The van der Waals surface area contributed by atoms with E-state index in [0.717, 1.165) is 32.5 Å². The molecular weight excluding hydrogens is 364 g/mol. The maximum Gasteiger partial charge on any atom is 0.242 e. The second kappa shape index (κ2) is 8.07. The number of benzene rings is 1. The van der Waals surface area contributed by atoms with Gasteiger partial charge in [0.2, 0.25) is 11.8 Å². The van der Waals surface area contributed by atoms with Gasteiger partial charge in [0.05, 0.1) is 0 Å². The Hall–Kier alpha value is -1.92. The van der Waals surface area contributed by atoms with Crippen molar-refractivity contribution in [2.75, 3.05) is 26.2 Å². The summed E-state index contributed by atoms with van der Waals surface area (Å²) >= 11 is 0. The molecule has 29 heavy (non-hydrogen) atoms. The predicted molar refractivity (Wildman–Crippen MR) is 113 cm³/mol. The standard InChI is InChI=1S/C23H34N4O2/c1-15(2)13-27-14-18-11-17-12-26-23(18,22(29)25-9-8-20(24)28)21(27)19(17)10-16-6-4-3-5-7-16/h3-7,15,17-19,21,26H,8-14H2,1-2H3,(H2,24,28)(H,25,29). The lowest BCUT2D eigenvalue weighted by atomic mass is 9.58. The van der Waals surface area contributed by atoms with Crippen molar-refractivity contribution in [1.29, 1.82) is 0 Å². The van der Waals surface area contributed by atoms with Crippen LogP contribution < -0.4 is 16.4 Å². The lowest BCUT2D eigenvalue weighted by Crippen LogP contribution is -2.76. The minimum atomic E-state index is -0.555. The summed E-state index contributed by atoms with van der Waals surface area (Å²) in [5.74, 6) is 1.61. The maximum atomic E-state index is 13.5. The van der Waals surface area contributed by atoms with E-state index in [1.165, 1.54) is 5.56 Å². The smallest absolute Gasteiger partial charge is 0.242 e. The largest absolute Gasteiger partial charge is 0.370 e. The fourth-order valence-corrected chi connectivity index (χ4v) is 6.19. The molecule has 5 atom stereocenters. The van der Waals surface area contributed by atoms with Gasteiger partial charge in [0.15, 0.2) is 0 Å². The monoisotopic (exact) mass is 398 g/mol. The molecule has 5 rings (SSSR count). The van der Waals surface area contributed by atoms with Crippen LogP contribution in [0.3, 0.4) is 0 Å². The molecule has 2 amide bonds. The number of rotatable bonds is 8. The van der Waals surface area contributed by atoms with Crippen molar-refractivity contribution in [3.8, 4) is 0 Å². The summed E-state index contributed by atoms with van der Waals surface area (Å²) in [5.41, 5.74) is 6.06. The lowest BCUT2D eigenvalue weighted by molar-refractivity contribution is -0.138. The maximum absolute atomic E-state index is 13.5. The van der Waals surface area contributed by atoms with Crippen LogP contribution >= 0.6 is 0 Å². The molecule has 0 radical (unpaired) electrons. The number of amides is 2. The van der Waals surface area contributed by atoms with E-state index in [4.69, 9.17) is 5.73 Å². The van der Waals surface area contributed by atoms with Crippen LogP contribution in [0.15, 0.2) is 30.3 Å². The second-order valence-corrected chi connectivity index (χ2v) is 9.56. The highest BCUT2D eigenvalue weighted by atomic mass is 16.2. The third-order valence-electron chi connectivity index (χ3n) is 7.16. The second-order valence-electron chi connectivity index (χ2n) is 9.56. The van der Waals surface area contributed by atoms with Crippen LogP contribution in [0.2, 0.25) is 0 Å². The van der Waals surface area contributed by atoms with Crippen LogP contribution in [-0.2, 0) is 16.0 Å². The van der Waals surface area contributed by atoms with E-state index in [-0.39, 0.29) is 24.3 Å². The van der Waals surface area contributed by atoms with Crippen molar-refractivity contribution in [2.45, 2.75) is 44.7 Å². The molecule has 0 aromatic heterocycles. The number of fused-ring (bicyclic) bond motifs is 1. The van der Waals surface area contributed by atoms with Gasteiger partial charge in [-0.3, -0.25) is 14.5 Å². The van der Waals surface area contributed by atoms with Gasteiger partial charge < -0.3 is 16.4 Å². The Morgan fingerprint density at radius 3 is 2.76 bits per heavy atom.